The largest absolute Gasteiger partial charge is 0.496 e. The van der Waals surface area contributed by atoms with Crippen molar-refractivity contribution in [3.8, 4) is 11.5 Å². The topological polar surface area (TPSA) is 83.1 Å². The number of hydrogen-bond acceptors (Lipinski definition) is 6. The second kappa shape index (κ2) is 10.6. The van der Waals surface area contributed by atoms with Crippen LogP contribution < -0.4 is 14.8 Å². The minimum absolute atomic E-state index is 0.129. The molecule has 1 saturated heterocycles. The van der Waals surface area contributed by atoms with E-state index in [1.165, 1.54) is 6.92 Å². The van der Waals surface area contributed by atoms with E-state index in [4.69, 9.17) is 18.9 Å². The molecule has 1 aliphatic rings. The van der Waals surface area contributed by atoms with E-state index in [-0.39, 0.29) is 18.6 Å². The van der Waals surface area contributed by atoms with Gasteiger partial charge in [0.25, 0.3) is 5.91 Å². The van der Waals surface area contributed by atoms with Crippen molar-refractivity contribution in [3.05, 3.63) is 59.7 Å². The fourth-order valence-electron chi connectivity index (χ4n) is 3.11. The highest BCUT2D eigenvalue weighted by atomic mass is 16.5. The second-order valence-corrected chi connectivity index (χ2v) is 7.05. The summed E-state index contributed by atoms with van der Waals surface area (Å²) in [6.07, 6.45) is 1.26. The molecule has 0 aromatic heterocycles. The molecular weight excluding hydrogens is 386 g/mol. The smallest absolute Gasteiger partial charge is 0.338 e. The highest BCUT2D eigenvalue weighted by Crippen LogP contribution is 2.18. The van der Waals surface area contributed by atoms with Crippen molar-refractivity contribution >= 4 is 11.9 Å². The molecule has 1 N–H and O–H groups in total. The lowest BCUT2D eigenvalue weighted by atomic mass is 10.2. The fourth-order valence-corrected chi connectivity index (χ4v) is 3.11. The molecule has 3 rings (SSSR count). The predicted molar refractivity (Wildman–Crippen MR) is 111 cm³/mol. The monoisotopic (exact) mass is 413 g/mol. The summed E-state index contributed by atoms with van der Waals surface area (Å²) >= 11 is 0. The summed E-state index contributed by atoms with van der Waals surface area (Å²) < 4.78 is 21.7. The summed E-state index contributed by atoms with van der Waals surface area (Å²) in [5, 5.41) is 2.75. The number of esters is 1. The van der Waals surface area contributed by atoms with Crippen LogP contribution in [0, 0.1) is 0 Å². The average Bonchev–Trinajstić information content (AvgIpc) is 3.30. The van der Waals surface area contributed by atoms with Crippen LogP contribution in [-0.2, 0) is 20.8 Å². The van der Waals surface area contributed by atoms with Crippen molar-refractivity contribution in [2.75, 3.05) is 20.3 Å². The molecule has 0 unspecified atom stereocenters. The van der Waals surface area contributed by atoms with Crippen LogP contribution in [0.4, 0.5) is 0 Å². The van der Waals surface area contributed by atoms with Crippen molar-refractivity contribution in [1.29, 1.82) is 0 Å². The molecule has 160 valence electrons. The molecule has 0 saturated carbocycles. The Bertz CT molecular complexity index is 845. The zero-order chi connectivity index (χ0) is 21.3. The van der Waals surface area contributed by atoms with Crippen molar-refractivity contribution in [3.63, 3.8) is 0 Å². The number of rotatable bonds is 9. The van der Waals surface area contributed by atoms with Gasteiger partial charge in [0.05, 0.1) is 18.8 Å². The molecule has 2 aromatic carbocycles. The molecule has 2 atom stereocenters. The Morgan fingerprint density at radius 3 is 2.63 bits per heavy atom. The van der Waals surface area contributed by atoms with E-state index in [9.17, 15) is 9.59 Å². The highest BCUT2D eigenvalue weighted by molar-refractivity contribution is 5.92. The molecule has 30 heavy (non-hydrogen) atoms. The Morgan fingerprint density at radius 1 is 1.17 bits per heavy atom. The van der Waals surface area contributed by atoms with Crippen LogP contribution in [0.2, 0.25) is 0 Å². The molecule has 1 fully saturated rings. The first-order chi connectivity index (χ1) is 14.6. The standard InChI is InChI=1S/C23H27NO6/c1-16(22(25)24-14-18-6-3-4-8-21(18)27-2)30-23(26)17-9-11-19(12-10-17)29-15-20-7-5-13-28-20/h3-4,6,8-12,16,20H,5,7,13-15H2,1-2H3,(H,24,25)/t16-,20-/m0/s1. The summed E-state index contributed by atoms with van der Waals surface area (Å²) in [6, 6.07) is 14.0. The fraction of sp³-hybridized carbons (Fsp3) is 0.391. The normalized spacial score (nSPS) is 16.5. The second-order valence-electron chi connectivity index (χ2n) is 7.05. The minimum Gasteiger partial charge on any atom is -0.496 e. The SMILES string of the molecule is COc1ccccc1CNC(=O)[C@H](C)OC(=O)c1ccc(OC[C@@H]2CCCO2)cc1. The van der Waals surface area contributed by atoms with Gasteiger partial charge in [0, 0.05) is 18.7 Å². The molecule has 1 aliphatic heterocycles. The quantitative estimate of drug-likeness (QED) is 0.636. The lowest BCUT2D eigenvalue weighted by Crippen LogP contribution is -2.35. The lowest BCUT2D eigenvalue weighted by molar-refractivity contribution is -0.129. The van der Waals surface area contributed by atoms with Crippen LogP contribution in [0.25, 0.3) is 0 Å². The maximum absolute atomic E-state index is 12.3. The first-order valence-corrected chi connectivity index (χ1v) is 10.0. The van der Waals surface area contributed by atoms with Gasteiger partial charge in [-0.3, -0.25) is 4.79 Å². The van der Waals surface area contributed by atoms with Gasteiger partial charge < -0.3 is 24.3 Å². The molecule has 0 aliphatic carbocycles. The van der Waals surface area contributed by atoms with Gasteiger partial charge in [0.1, 0.15) is 18.1 Å². The average molecular weight is 413 g/mol. The summed E-state index contributed by atoms with van der Waals surface area (Å²) in [7, 11) is 1.57. The van der Waals surface area contributed by atoms with Crippen LogP contribution in [0.15, 0.2) is 48.5 Å². The number of nitrogens with one attached hydrogen (secondary N) is 1. The Labute approximate surface area is 176 Å². The van der Waals surface area contributed by atoms with Gasteiger partial charge in [-0.2, -0.15) is 0 Å². The van der Waals surface area contributed by atoms with Crippen molar-refractivity contribution in [2.24, 2.45) is 0 Å². The molecular formula is C23H27NO6. The molecule has 7 heteroatoms. The van der Waals surface area contributed by atoms with Gasteiger partial charge in [-0.05, 0) is 50.1 Å². The Kier molecular flexibility index (Phi) is 7.68. The van der Waals surface area contributed by atoms with Crippen molar-refractivity contribution in [2.45, 2.75) is 38.5 Å². The van der Waals surface area contributed by atoms with Crippen LogP contribution in [0.5, 0.6) is 11.5 Å². The highest BCUT2D eigenvalue weighted by Gasteiger charge is 2.20. The number of para-hydroxylation sites is 1. The zero-order valence-electron chi connectivity index (χ0n) is 17.3. The first kappa shape index (κ1) is 21.6. The van der Waals surface area contributed by atoms with Crippen LogP contribution in [0.3, 0.4) is 0 Å². The maximum atomic E-state index is 12.3. The van der Waals surface area contributed by atoms with Gasteiger partial charge in [-0.25, -0.2) is 4.79 Å². The Morgan fingerprint density at radius 2 is 1.93 bits per heavy atom. The van der Waals surface area contributed by atoms with E-state index >= 15 is 0 Å². The van der Waals surface area contributed by atoms with Gasteiger partial charge in [0.2, 0.25) is 0 Å². The van der Waals surface area contributed by atoms with Crippen LogP contribution in [-0.4, -0.2) is 44.4 Å². The van der Waals surface area contributed by atoms with E-state index < -0.39 is 12.1 Å². The molecule has 7 nitrogen and oxygen atoms in total. The lowest BCUT2D eigenvalue weighted by Gasteiger charge is -2.15. The van der Waals surface area contributed by atoms with Crippen LogP contribution in [0.1, 0.15) is 35.7 Å². The zero-order valence-corrected chi connectivity index (χ0v) is 17.3. The summed E-state index contributed by atoms with van der Waals surface area (Å²) in [5.74, 6) is 0.389. The number of amides is 1. The molecule has 2 aromatic rings. The third kappa shape index (κ3) is 5.97. The number of carbonyl (C=O) groups is 2. The Hall–Kier alpha value is -3.06. The minimum atomic E-state index is -0.928. The van der Waals surface area contributed by atoms with E-state index in [1.54, 1.807) is 31.4 Å². The van der Waals surface area contributed by atoms with E-state index in [2.05, 4.69) is 5.32 Å². The molecule has 0 bridgehead atoms. The number of benzene rings is 2. The number of hydrogen-bond donors (Lipinski definition) is 1. The first-order valence-electron chi connectivity index (χ1n) is 10.0. The van der Waals surface area contributed by atoms with E-state index in [1.807, 2.05) is 24.3 Å². The molecule has 0 spiro atoms. The molecule has 1 heterocycles. The van der Waals surface area contributed by atoms with Crippen molar-refractivity contribution in [1.82, 2.24) is 5.32 Å². The maximum Gasteiger partial charge on any atom is 0.338 e. The summed E-state index contributed by atoms with van der Waals surface area (Å²) in [4.78, 5) is 24.6. The van der Waals surface area contributed by atoms with E-state index in [0.717, 1.165) is 25.0 Å². The van der Waals surface area contributed by atoms with E-state index in [0.29, 0.717) is 23.7 Å². The summed E-state index contributed by atoms with van der Waals surface area (Å²) in [6.45, 7) is 3.09. The van der Waals surface area contributed by atoms with Crippen LogP contribution >= 0.6 is 0 Å². The summed E-state index contributed by atoms with van der Waals surface area (Å²) in [5.41, 5.74) is 1.19. The Balaban J connectivity index is 1.46. The van der Waals surface area contributed by atoms with Gasteiger partial charge in [-0.15, -0.1) is 0 Å². The number of carbonyl (C=O) groups excluding carboxylic acids is 2. The van der Waals surface area contributed by atoms with Gasteiger partial charge >= 0.3 is 5.97 Å². The number of methoxy groups -OCH3 is 1. The third-order valence-electron chi connectivity index (χ3n) is 4.85. The number of ether oxygens (including phenoxy) is 4. The predicted octanol–water partition coefficient (Wildman–Crippen LogP) is 3.11. The van der Waals surface area contributed by atoms with Gasteiger partial charge in [-0.1, -0.05) is 18.2 Å². The molecule has 0 radical (unpaired) electrons. The van der Waals surface area contributed by atoms with Crippen molar-refractivity contribution < 1.29 is 28.5 Å². The van der Waals surface area contributed by atoms with Gasteiger partial charge in [0.15, 0.2) is 6.10 Å². The third-order valence-corrected chi connectivity index (χ3v) is 4.85. The molecule has 1 amide bonds.